The van der Waals surface area contributed by atoms with E-state index in [0.29, 0.717) is 6.42 Å². The predicted molar refractivity (Wildman–Crippen MR) is 76.5 cm³/mol. The molecule has 1 fully saturated rings. The van der Waals surface area contributed by atoms with Crippen molar-refractivity contribution in [2.24, 2.45) is 11.8 Å². The minimum Gasteiger partial charge on any atom is -0.395 e. The maximum atomic E-state index is 8.74. The molecule has 1 aromatic heterocycles. The summed E-state index contributed by atoms with van der Waals surface area (Å²) in [6.07, 6.45) is 0.563. The molecule has 2 unspecified atom stereocenters. The maximum Gasteiger partial charge on any atom is 0.0540 e. The molecule has 1 aromatic rings. The highest BCUT2D eigenvalue weighted by Crippen LogP contribution is 2.26. The van der Waals surface area contributed by atoms with E-state index in [2.05, 4.69) is 42.0 Å². The van der Waals surface area contributed by atoms with Crippen molar-refractivity contribution in [3.8, 4) is 11.8 Å². The third-order valence-corrected chi connectivity index (χ3v) is 4.54. The number of rotatable bonds is 3. The monoisotopic (exact) mass is 263 g/mol. The maximum absolute atomic E-state index is 8.74. The SMILES string of the molecule is CC1CN(Cc2sccc2C#CCCO)CC1C. The Balaban J connectivity index is 1.98. The van der Waals surface area contributed by atoms with Gasteiger partial charge in [-0.1, -0.05) is 25.7 Å². The molecule has 3 heteroatoms. The van der Waals surface area contributed by atoms with Gasteiger partial charge in [-0.25, -0.2) is 0 Å². The van der Waals surface area contributed by atoms with Crippen molar-refractivity contribution < 1.29 is 5.11 Å². The van der Waals surface area contributed by atoms with Crippen molar-refractivity contribution in [2.75, 3.05) is 19.7 Å². The summed E-state index contributed by atoms with van der Waals surface area (Å²) in [7, 11) is 0. The first-order chi connectivity index (χ1) is 8.70. The molecule has 2 heterocycles. The molecular weight excluding hydrogens is 242 g/mol. The fourth-order valence-corrected chi connectivity index (χ4v) is 3.24. The Kier molecular flexibility index (Phi) is 4.82. The first-order valence-electron chi connectivity index (χ1n) is 6.59. The number of thiophene rings is 1. The van der Waals surface area contributed by atoms with E-state index in [0.717, 1.165) is 23.9 Å². The zero-order valence-corrected chi connectivity index (χ0v) is 12.0. The van der Waals surface area contributed by atoms with Gasteiger partial charge in [0.25, 0.3) is 0 Å². The number of hydrogen-bond donors (Lipinski definition) is 1. The molecular formula is C15H21NOS. The van der Waals surface area contributed by atoms with Crippen LogP contribution in [0.5, 0.6) is 0 Å². The minimum absolute atomic E-state index is 0.146. The summed E-state index contributed by atoms with van der Waals surface area (Å²) in [6, 6.07) is 2.09. The second kappa shape index (κ2) is 6.38. The van der Waals surface area contributed by atoms with Crippen molar-refractivity contribution in [3.63, 3.8) is 0 Å². The second-order valence-electron chi connectivity index (χ2n) is 5.18. The summed E-state index contributed by atoms with van der Waals surface area (Å²) in [5, 5.41) is 10.9. The summed E-state index contributed by atoms with van der Waals surface area (Å²) >= 11 is 1.79. The minimum atomic E-state index is 0.146. The molecule has 0 aliphatic carbocycles. The highest BCUT2D eigenvalue weighted by atomic mass is 32.1. The topological polar surface area (TPSA) is 23.5 Å². The van der Waals surface area contributed by atoms with Crippen LogP contribution in [0.2, 0.25) is 0 Å². The largest absolute Gasteiger partial charge is 0.395 e. The fraction of sp³-hybridized carbons (Fsp3) is 0.600. The lowest BCUT2D eigenvalue weighted by molar-refractivity contribution is 0.305. The summed E-state index contributed by atoms with van der Waals surface area (Å²) in [5.41, 5.74) is 1.14. The molecule has 1 aliphatic heterocycles. The van der Waals surface area contributed by atoms with Gasteiger partial charge >= 0.3 is 0 Å². The predicted octanol–water partition coefficient (Wildman–Crippen LogP) is 2.57. The van der Waals surface area contributed by atoms with Gasteiger partial charge in [-0.2, -0.15) is 0 Å². The zero-order chi connectivity index (χ0) is 13.0. The van der Waals surface area contributed by atoms with E-state index in [1.165, 1.54) is 18.0 Å². The summed E-state index contributed by atoms with van der Waals surface area (Å²) in [6.45, 7) is 8.23. The number of likely N-dealkylation sites (tertiary alicyclic amines) is 1. The molecule has 0 bridgehead atoms. The van der Waals surface area contributed by atoms with Crippen molar-refractivity contribution in [2.45, 2.75) is 26.8 Å². The van der Waals surface area contributed by atoms with E-state index < -0.39 is 0 Å². The number of nitrogens with zero attached hydrogens (tertiary/aromatic N) is 1. The third-order valence-electron chi connectivity index (χ3n) is 3.64. The van der Waals surface area contributed by atoms with Crippen LogP contribution < -0.4 is 0 Å². The van der Waals surface area contributed by atoms with E-state index in [1.54, 1.807) is 11.3 Å². The van der Waals surface area contributed by atoms with Crippen molar-refractivity contribution >= 4 is 11.3 Å². The van der Waals surface area contributed by atoms with Crippen LogP contribution in [0.3, 0.4) is 0 Å². The third kappa shape index (κ3) is 3.35. The van der Waals surface area contributed by atoms with Gasteiger partial charge in [0.15, 0.2) is 0 Å². The summed E-state index contributed by atoms with van der Waals surface area (Å²) in [5.74, 6) is 7.77. The highest BCUT2D eigenvalue weighted by molar-refractivity contribution is 7.10. The molecule has 2 nitrogen and oxygen atoms in total. The molecule has 98 valence electrons. The van der Waals surface area contributed by atoms with Crippen LogP contribution in [-0.2, 0) is 6.54 Å². The molecule has 0 spiro atoms. The fourth-order valence-electron chi connectivity index (χ4n) is 2.37. The molecule has 1 N–H and O–H groups in total. The van der Waals surface area contributed by atoms with E-state index in [1.807, 2.05) is 0 Å². The number of aliphatic hydroxyl groups is 1. The molecule has 1 aliphatic rings. The van der Waals surface area contributed by atoms with Gasteiger partial charge in [-0.05, 0) is 23.3 Å². The molecule has 0 aromatic carbocycles. The molecule has 0 saturated carbocycles. The highest BCUT2D eigenvalue weighted by Gasteiger charge is 2.26. The van der Waals surface area contributed by atoms with Crippen LogP contribution in [0.1, 0.15) is 30.7 Å². The molecule has 1 saturated heterocycles. The molecule has 2 atom stereocenters. The molecule has 0 amide bonds. The van der Waals surface area contributed by atoms with Gasteiger partial charge in [-0.3, -0.25) is 4.90 Å². The Labute approximate surface area is 114 Å². The smallest absolute Gasteiger partial charge is 0.0540 e. The van der Waals surface area contributed by atoms with Gasteiger partial charge in [0, 0.05) is 36.5 Å². The van der Waals surface area contributed by atoms with Crippen LogP contribution in [0, 0.1) is 23.7 Å². The van der Waals surface area contributed by atoms with Crippen LogP contribution in [0.15, 0.2) is 11.4 Å². The van der Waals surface area contributed by atoms with E-state index in [-0.39, 0.29) is 6.61 Å². The van der Waals surface area contributed by atoms with E-state index >= 15 is 0 Å². The van der Waals surface area contributed by atoms with E-state index in [9.17, 15) is 0 Å². The van der Waals surface area contributed by atoms with Crippen LogP contribution in [0.4, 0.5) is 0 Å². The average molecular weight is 263 g/mol. The first kappa shape index (κ1) is 13.6. The number of hydrogen-bond acceptors (Lipinski definition) is 3. The van der Waals surface area contributed by atoms with Gasteiger partial charge in [0.05, 0.1) is 6.61 Å². The Bertz CT molecular complexity index is 433. The lowest BCUT2D eigenvalue weighted by atomic mass is 10.0. The molecule has 2 rings (SSSR count). The Morgan fingerprint density at radius 1 is 1.39 bits per heavy atom. The summed E-state index contributed by atoms with van der Waals surface area (Å²) < 4.78 is 0. The van der Waals surface area contributed by atoms with Gasteiger partial charge < -0.3 is 5.11 Å². The van der Waals surface area contributed by atoms with Crippen LogP contribution >= 0.6 is 11.3 Å². The van der Waals surface area contributed by atoms with E-state index in [4.69, 9.17) is 5.11 Å². The van der Waals surface area contributed by atoms with Crippen molar-refractivity contribution in [3.05, 3.63) is 21.9 Å². The standard InChI is InChI=1S/C15H21NOS/c1-12-9-16(10-13(12)2)11-15-14(6-8-18-15)5-3-4-7-17/h6,8,12-13,17H,4,7,9-11H2,1-2H3. The zero-order valence-electron chi connectivity index (χ0n) is 11.1. The Hall–Kier alpha value is -0.820. The lowest BCUT2D eigenvalue weighted by Crippen LogP contribution is -2.19. The van der Waals surface area contributed by atoms with Crippen LogP contribution in [-0.4, -0.2) is 29.7 Å². The Morgan fingerprint density at radius 3 is 2.78 bits per heavy atom. The first-order valence-corrected chi connectivity index (χ1v) is 7.47. The average Bonchev–Trinajstić information content (AvgIpc) is 2.88. The summed E-state index contributed by atoms with van der Waals surface area (Å²) in [4.78, 5) is 3.89. The van der Waals surface area contributed by atoms with Crippen molar-refractivity contribution in [1.82, 2.24) is 4.90 Å². The quantitative estimate of drug-likeness (QED) is 0.847. The Morgan fingerprint density at radius 2 is 2.11 bits per heavy atom. The normalized spacial score (nSPS) is 23.9. The van der Waals surface area contributed by atoms with Crippen LogP contribution in [0.25, 0.3) is 0 Å². The van der Waals surface area contributed by atoms with Crippen molar-refractivity contribution in [1.29, 1.82) is 0 Å². The number of aliphatic hydroxyl groups excluding tert-OH is 1. The lowest BCUT2D eigenvalue weighted by Gasteiger charge is -2.14. The van der Waals surface area contributed by atoms with Gasteiger partial charge in [0.2, 0.25) is 0 Å². The molecule has 0 radical (unpaired) electrons. The van der Waals surface area contributed by atoms with Gasteiger partial charge in [0.1, 0.15) is 0 Å². The van der Waals surface area contributed by atoms with Gasteiger partial charge in [-0.15, -0.1) is 11.3 Å². The molecule has 18 heavy (non-hydrogen) atoms. The second-order valence-corrected chi connectivity index (χ2v) is 6.18.